The SMILES string of the molecule is COC(=O)C(C)Oc1ccc(Nc2ncccc2[N+](=O)[O-])cc1. The van der Waals surface area contributed by atoms with Crippen molar-refractivity contribution in [2.45, 2.75) is 13.0 Å². The summed E-state index contributed by atoms with van der Waals surface area (Å²) >= 11 is 0. The molecule has 8 heteroatoms. The predicted molar refractivity (Wildman–Crippen MR) is 82.7 cm³/mol. The van der Waals surface area contributed by atoms with Crippen LogP contribution in [0.25, 0.3) is 0 Å². The molecule has 1 unspecified atom stereocenters. The molecule has 0 bridgehead atoms. The van der Waals surface area contributed by atoms with Gasteiger partial charge in [0.25, 0.3) is 0 Å². The van der Waals surface area contributed by atoms with Crippen LogP contribution in [0, 0.1) is 10.1 Å². The molecule has 0 aliphatic rings. The van der Waals surface area contributed by atoms with Crippen molar-refractivity contribution in [2.24, 2.45) is 0 Å². The number of nitro groups is 1. The van der Waals surface area contributed by atoms with Gasteiger partial charge >= 0.3 is 11.7 Å². The van der Waals surface area contributed by atoms with Crippen LogP contribution in [0.3, 0.4) is 0 Å². The minimum absolute atomic E-state index is 0.118. The Morgan fingerprint density at radius 3 is 2.61 bits per heavy atom. The number of anilines is 2. The Labute approximate surface area is 132 Å². The number of nitrogens with zero attached hydrogens (tertiary/aromatic N) is 2. The number of nitrogens with one attached hydrogen (secondary N) is 1. The summed E-state index contributed by atoms with van der Waals surface area (Å²) in [7, 11) is 1.29. The van der Waals surface area contributed by atoms with Crippen LogP contribution in [0.5, 0.6) is 5.75 Å². The first-order valence-corrected chi connectivity index (χ1v) is 6.72. The summed E-state index contributed by atoms with van der Waals surface area (Å²) in [5.74, 6) is 0.148. The van der Waals surface area contributed by atoms with E-state index in [2.05, 4.69) is 15.0 Å². The van der Waals surface area contributed by atoms with E-state index < -0.39 is 17.0 Å². The van der Waals surface area contributed by atoms with E-state index in [1.165, 1.54) is 25.4 Å². The normalized spacial score (nSPS) is 11.4. The molecular formula is C15H15N3O5. The molecule has 8 nitrogen and oxygen atoms in total. The first kappa shape index (κ1) is 16.2. The maximum Gasteiger partial charge on any atom is 0.346 e. The molecule has 0 aliphatic carbocycles. The van der Waals surface area contributed by atoms with E-state index in [4.69, 9.17) is 4.74 Å². The van der Waals surface area contributed by atoms with Crippen LogP contribution < -0.4 is 10.1 Å². The minimum Gasteiger partial charge on any atom is -0.479 e. The topological polar surface area (TPSA) is 104 Å². The number of hydrogen-bond acceptors (Lipinski definition) is 7. The van der Waals surface area contributed by atoms with Gasteiger partial charge in [-0.3, -0.25) is 10.1 Å². The van der Waals surface area contributed by atoms with Crippen LogP contribution in [0.15, 0.2) is 42.6 Å². The fourth-order valence-corrected chi connectivity index (χ4v) is 1.81. The maximum atomic E-state index is 11.3. The van der Waals surface area contributed by atoms with Crippen LogP contribution in [0.4, 0.5) is 17.2 Å². The summed E-state index contributed by atoms with van der Waals surface area (Å²) in [6, 6.07) is 9.46. The van der Waals surface area contributed by atoms with Gasteiger partial charge in [-0.1, -0.05) is 0 Å². The standard InChI is InChI=1S/C15H15N3O5/c1-10(15(19)22-2)23-12-7-5-11(6-8-12)17-14-13(18(20)21)4-3-9-16-14/h3-10H,1-2H3,(H,16,17). The van der Waals surface area contributed by atoms with Crippen molar-refractivity contribution in [3.8, 4) is 5.75 Å². The molecule has 120 valence electrons. The van der Waals surface area contributed by atoms with E-state index in [0.29, 0.717) is 11.4 Å². The summed E-state index contributed by atoms with van der Waals surface area (Å²) < 4.78 is 9.98. The van der Waals surface area contributed by atoms with Gasteiger partial charge in [0.2, 0.25) is 5.82 Å². The molecule has 2 aromatic rings. The smallest absolute Gasteiger partial charge is 0.346 e. The first-order valence-electron chi connectivity index (χ1n) is 6.72. The Morgan fingerprint density at radius 1 is 1.30 bits per heavy atom. The fourth-order valence-electron chi connectivity index (χ4n) is 1.81. The number of benzene rings is 1. The van der Waals surface area contributed by atoms with Crippen molar-refractivity contribution in [3.05, 3.63) is 52.7 Å². The van der Waals surface area contributed by atoms with Crippen molar-refractivity contribution in [2.75, 3.05) is 12.4 Å². The number of hydrogen-bond donors (Lipinski definition) is 1. The van der Waals surface area contributed by atoms with Gasteiger partial charge in [0.05, 0.1) is 12.0 Å². The largest absolute Gasteiger partial charge is 0.479 e. The van der Waals surface area contributed by atoms with E-state index in [0.717, 1.165) is 0 Å². The average molecular weight is 317 g/mol. The van der Waals surface area contributed by atoms with Crippen LogP contribution in [0.1, 0.15) is 6.92 Å². The number of carbonyl (C=O) groups excluding carboxylic acids is 1. The third-order valence-corrected chi connectivity index (χ3v) is 2.95. The Hall–Kier alpha value is -3.16. The van der Waals surface area contributed by atoms with Crippen molar-refractivity contribution >= 4 is 23.2 Å². The summed E-state index contributed by atoms with van der Waals surface area (Å²) in [4.78, 5) is 25.7. The van der Waals surface area contributed by atoms with Crippen LogP contribution in [-0.4, -0.2) is 29.1 Å². The molecule has 0 amide bonds. The maximum absolute atomic E-state index is 11.3. The van der Waals surface area contributed by atoms with E-state index in [-0.39, 0.29) is 11.5 Å². The second-order valence-corrected chi connectivity index (χ2v) is 4.56. The molecular weight excluding hydrogens is 302 g/mol. The first-order chi connectivity index (χ1) is 11.0. The van der Waals surface area contributed by atoms with E-state index in [1.54, 1.807) is 31.2 Å². The molecule has 0 fully saturated rings. The highest BCUT2D eigenvalue weighted by atomic mass is 16.6. The second-order valence-electron chi connectivity index (χ2n) is 4.56. The number of rotatable bonds is 6. The zero-order valence-corrected chi connectivity index (χ0v) is 12.6. The Bertz CT molecular complexity index is 703. The molecule has 1 heterocycles. The van der Waals surface area contributed by atoms with Crippen LogP contribution in [-0.2, 0) is 9.53 Å². The monoisotopic (exact) mass is 317 g/mol. The minimum atomic E-state index is -0.726. The Morgan fingerprint density at radius 2 is 2.00 bits per heavy atom. The van der Waals surface area contributed by atoms with Crippen LogP contribution >= 0.6 is 0 Å². The van der Waals surface area contributed by atoms with E-state index in [9.17, 15) is 14.9 Å². The van der Waals surface area contributed by atoms with E-state index >= 15 is 0 Å². The van der Waals surface area contributed by atoms with Gasteiger partial charge in [-0.05, 0) is 37.3 Å². The lowest BCUT2D eigenvalue weighted by molar-refractivity contribution is -0.384. The molecule has 1 aromatic carbocycles. The zero-order valence-electron chi connectivity index (χ0n) is 12.6. The van der Waals surface area contributed by atoms with Crippen molar-refractivity contribution in [3.63, 3.8) is 0 Å². The van der Waals surface area contributed by atoms with Gasteiger partial charge in [0, 0.05) is 18.0 Å². The molecule has 23 heavy (non-hydrogen) atoms. The molecule has 0 saturated heterocycles. The average Bonchev–Trinajstić information content (AvgIpc) is 2.56. The van der Waals surface area contributed by atoms with Crippen molar-refractivity contribution in [1.29, 1.82) is 0 Å². The molecule has 1 atom stereocenters. The van der Waals surface area contributed by atoms with Crippen molar-refractivity contribution < 1.29 is 19.2 Å². The molecule has 0 saturated carbocycles. The highest BCUT2D eigenvalue weighted by Gasteiger charge is 2.16. The summed E-state index contributed by atoms with van der Waals surface area (Å²) in [6.45, 7) is 1.58. The third kappa shape index (κ3) is 4.16. The van der Waals surface area contributed by atoms with Crippen molar-refractivity contribution in [1.82, 2.24) is 4.98 Å². The van der Waals surface area contributed by atoms with Crippen LogP contribution in [0.2, 0.25) is 0 Å². The quantitative estimate of drug-likeness (QED) is 0.496. The highest BCUT2D eigenvalue weighted by molar-refractivity contribution is 5.74. The molecule has 1 aromatic heterocycles. The molecule has 0 aliphatic heterocycles. The molecule has 0 spiro atoms. The second kappa shape index (κ2) is 7.21. The highest BCUT2D eigenvalue weighted by Crippen LogP contribution is 2.25. The number of pyridine rings is 1. The third-order valence-electron chi connectivity index (χ3n) is 2.95. The summed E-state index contributed by atoms with van der Waals surface area (Å²) in [5, 5.41) is 13.8. The van der Waals surface area contributed by atoms with Gasteiger partial charge in [0.15, 0.2) is 6.10 Å². The van der Waals surface area contributed by atoms with E-state index in [1.807, 2.05) is 0 Å². The molecule has 1 N–H and O–H groups in total. The lowest BCUT2D eigenvalue weighted by Crippen LogP contribution is -2.24. The van der Waals surface area contributed by atoms with Gasteiger partial charge < -0.3 is 14.8 Å². The number of methoxy groups -OCH3 is 1. The fraction of sp³-hybridized carbons (Fsp3) is 0.200. The Kier molecular flexibility index (Phi) is 5.08. The number of carbonyl (C=O) groups is 1. The number of ether oxygens (including phenoxy) is 2. The molecule has 0 radical (unpaired) electrons. The van der Waals surface area contributed by atoms with Gasteiger partial charge in [-0.25, -0.2) is 9.78 Å². The summed E-state index contributed by atoms with van der Waals surface area (Å²) in [5.41, 5.74) is 0.483. The summed E-state index contributed by atoms with van der Waals surface area (Å²) in [6.07, 6.45) is 0.737. The van der Waals surface area contributed by atoms with Gasteiger partial charge in [-0.15, -0.1) is 0 Å². The molecule has 2 rings (SSSR count). The predicted octanol–water partition coefficient (Wildman–Crippen LogP) is 2.67. The number of esters is 1. The van der Waals surface area contributed by atoms with Gasteiger partial charge in [-0.2, -0.15) is 0 Å². The number of aromatic nitrogens is 1. The lowest BCUT2D eigenvalue weighted by Gasteiger charge is -2.13. The zero-order chi connectivity index (χ0) is 16.8. The van der Waals surface area contributed by atoms with Gasteiger partial charge in [0.1, 0.15) is 5.75 Å². The lowest BCUT2D eigenvalue weighted by atomic mass is 10.3. The Balaban J connectivity index is 2.09.